The van der Waals surface area contributed by atoms with Gasteiger partial charge in [0.25, 0.3) is 5.91 Å². The van der Waals surface area contributed by atoms with E-state index in [1.807, 2.05) is 45.9 Å². The van der Waals surface area contributed by atoms with Crippen molar-refractivity contribution in [2.75, 3.05) is 6.61 Å². The van der Waals surface area contributed by atoms with Gasteiger partial charge in [0.1, 0.15) is 4.88 Å². The lowest BCUT2D eigenvalue weighted by atomic mass is 10.0. The summed E-state index contributed by atoms with van der Waals surface area (Å²) in [6, 6.07) is 9.51. The fourth-order valence-electron chi connectivity index (χ4n) is 2.15. The van der Waals surface area contributed by atoms with Crippen molar-refractivity contribution in [2.45, 2.75) is 33.7 Å². The molecule has 0 aliphatic carbocycles. The molecule has 1 heterocycles. The van der Waals surface area contributed by atoms with Gasteiger partial charge in [0.15, 0.2) is 6.61 Å². The van der Waals surface area contributed by atoms with E-state index in [-0.39, 0.29) is 18.6 Å². The van der Waals surface area contributed by atoms with Gasteiger partial charge in [-0.3, -0.25) is 4.79 Å². The Bertz CT molecular complexity index is 721. The second-order valence-electron chi connectivity index (χ2n) is 5.62. The lowest BCUT2D eigenvalue weighted by Gasteiger charge is -2.15. The second kappa shape index (κ2) is 7.42. The van der Waals surface area contributed by atoms with Crippen molar-refractivity contribution in [2.24, 2.45) is 0 Å². The van der Waals surface area contributed by atoms with E-state index >= 15 is 0 Å². The zero-order valence-electron chi connectivity index (χ0n) is 13.8. The largest absolute Gasteiger partial charge is 0.451 e. The van der Waals surface area contributed by atoms with Gasteiger partial charge in [-0.15, -0.1) is 11.3 Å². The number of rotatable bonds is 5. The first-order chi connectivity index (χ1) is 10.9. The first-order valence-electron chi connectivity index (χ1n) is 7.47. The van der Waals surface area contributed by atoms with Crippen molar-refractivity contribution in [3.8, 4) is 0 Å². The van der Waals surface area contributed by atoms with Crippen molar-refractivity contribution in [1.82, 2.24) is 5.32 Å². The SMILES string of the molecule is Cc1ccc(C(=O)OCC(=O)N[C@H](C)c2ccc(C)c(C)c2)s1. The predicted octanol–water partition coefficient (Wildman–Crippen LogP) is 3.71. The zero-order valence-corrected chi connectivity index (χ0v) is 14.6. The molecule has 0 bridgehead atoms. The molecule has 0 spiro atoms. The number of hydrogen-bond donors (Lipinski definition) is 1. The molecule has 0 saturated carbocycles. The third-order valence-electron chi connectivity index (χ3n) is 3.68. The van der Waals surface area contributed by atoms with Crippen molar-refractivity contribution >= 4 is 23.2 Å². The van der Waals surface area contributed by atoms with E-state index in [4.69, 9.17) is 4.74 Å². The van der Waals surface area contributed by atoms with Crippen LogP contribution in [0.3, 0.4) is 0 Å². The van der Waals surface area contributed by atoms with Gasteiger partial charge in [0.2, 0.25) is 0 Å². The number of benzene rings is 1. The molecule has 1 aromatic carbocycles. The van der Waals surface area contributed by atoms with E-state index in [0.29, 0.717) is 4.88 Å². The monoisotopic (exact) mass is 331 g/mol. The Balaban J connectivity index is 1.86. The Morgan fingerprint density at radius 1 is 1.13 bits per heavy atom. The highest BCUT2D eigenvalue weighted by Crippen LogP contribution is 2.17. The van der Waals surface area contributed by atoms with E-state index < -0.39 is 5.97 Å². The Morgan fingerprint density at radius 3 is 2.48 bits per heavy atom. The molecule has 1 N–H and O–H groups in total. The Morgan fingerprint density at radius 2 is 1.87 bits per heavy atom. The molecule has 0 aliphatic heterocycles. The van der Waals surface area contributed by atoms with Crippen LogP contribution in [0, 0.1) is 20.8 Å². The maximum Gasteiger partial charge on any atom is 0.348 e. The van der Waals surface area contributed by atoms with Gasteiger partial charge in [-0.1, -0.05) is 18.2 Å². The molecule has 0 radical (unpaired) electrons. The van der Waals surface area contributed by atoms with Crippen LogP contribution in [0.25, 0.3) is 0 Å². The standard InChI is InChI=1S/C18H21NO3S/c1-11-5-7-15(9-12(11)2)14(4)19-17(20)10-22-18(21)16-8-6-13(3)23-16/h5-9,14H,10H2,1-4H3,(H,19,20)/t14-/m1/s1. The van der Waals surface area contributed by atoms with Crippen LogP contribution >= 0.6 is 11.3 Å². The molecule has 0 saturated heterocycles. The number of ether oxygens (including phenoxy) is 1. The van der Waals surface area contributed by atoms with Crippen LogP contribution in [0.4, 0.5) is 0 Å². The number of thiophene rings is 1. The van der Waals surface area contributed by atoms with Gasteiger partial charge >= 0.3 is 5.97 Å². The first-order valence-corrected chi connectivity index (χ1v) is 8.28. The maximum absolute atomic E-state index is 11.9. The molecular weight excluding hydrogens is 310 g/mol. The van der Waals surface area contributed by atoms with Gasteiger partial charge in [0.05, 0.1) is 6.04 Å². The van der Waals surface area contributed by atoms with Crippen LogP contribution in [0.2, 0.25) is 0 Å². The quantitative estimate of drug-likeness (QED) is 0.850. The smallest absolute Gasteiger partial charge is 0.348 e. The summed E-state index contributed by atoms with van der Waals surface area (Å²) in [5, 5.41) is 2.84. The van der Waals surface area contributed by atoms with E-state index in [1.54, 1.807) is 6.07 Å². The average Bonchev–Trinajstić information content (AvgIpc) is 2.94. The van der Waals surface area contributed by atoms with Crippen molar-refractivity contribution in [3.63, 3.8) is 0 Å². The fraction of sp³-hybridized carbons (Fsp3) is 0.333. The topological polar surface area (TPSA) is 55.4 Å². The minimum atomic E-state index is -0.461. The summed E-state index contributed by atoms with van der Waals surface area (Å²) in [7, 11) is 0. The Kier molecular flexibility index (Phi) is 5.55. The van der Waals surface area contributed by atoms with Gasteiger partial charge in [0, 0.05) is 4.88 Å². The van der Waals surface area contributed by atoms with Crippen molar-refractivity contribution < 1.29 is 14.3 Å². The number of hydrogen-bond acceptors (Lipinski definition) is 4. The second-order valence-corrected chi connectivity index (χ2v) is 6.91. The number of aryl methyl sites for hydroxylation is 3. The number of nitrogens with one attached hydrogen (secondary N) is 1. The lowest BCUT2D eigenvalue weighted by molar-refractivity contribution is -0.124. The third-order valence-corrected chi connectivity index (χ3v) is 4.67. The maximum atomic E-state index is 11.9. The van der Waals surface area contributed by atoms with E-state index in [1.165, 1.54) is 22.5 Å². The zero-order chi connectivity index (χ0) is 17.0. The highest BCUT2D eigenvalue weighted by atomic mass is 32.1. The molecule has 0 unspecified atom stereocenters. The highest BCUT2D eigenvalue weighted by molar-refractivity contribution is 7.13. The van der Waals surface area contributed by atoms with Crippen LogP contribution in [0.5, 0.6) is 0 Å². The van der Waals surface area contributed by atoms with Crippen LogP contribution < -0.4 is 5.32 Å². The van der Waals surface area contributed by atoms with E-state index in [0.717, 1.165) is 10.4 Å². The number of carbonyl (C=O) groups is 2. The molecule has 5 heteroatoms. The van der Waals surface area contributed by atoms with Gasteiger partial charge in [-0.2, -0.15) is 0 Å². The normalized spacial score (nSPS) is 11.8. The summed E-state index contributed by atoms with van der Waals surface area (Å²) in [5.41, 5.74) is 3.43. The number of amides is 1. The summed E-state index contributed by atoms with van der Waals surface area (Å²) in [6.07, 6.45) is 0. The van der Waals surface area contributed by atoms with Gasteiger partial charge in [-0.25, -0.2) is 4.79 Å². The van der Waals surface area contributed by atoms with Crippen molar-refractivity contribution in [1.29, 1.82) is 0 Å². The van der Waals surface area contributed by atoms with Gasteiger partial charge < -0.3 is 10.1 Å². The van der Waals surface area contributed by atoms with Crippen LogP contribution in [0.15, 0.2) is 30.3 Å². The Labute approximate surface area is 140 Å². The molecule has 23 heavy (non-hydrogen) atoms. The van der Waals surface area contributed by atoms with E-state index in [2.05, 4.69) is 11.4 Å². The number of esters is 1. The lowest BCUT2D eigenvalue weighted by Crippen LogP contribution is -2.31. The van der Waals surface area contributed by atoms with Crippen LogP contribution in [-0.2, 0) is 9.53 Å². The molecule has 1 atom stereocenters. The minimum Gasteiger partial charge on any atom is -0.451 e. The average molecular weight is 331 g/mol. The van der Waals surface area contributed by atoms with E-state index in [9.17, 15) is 9.59 Å². The highest BCUT2D eigenvalue weighted by Gasteiger charge is 2.14. The predicted molar refractivity (Wildman–Crippen MR) is 91.8 cm³/mol. The van der Waals surface area contributed by atoms with Crippen LogP contribution in [0.1, 0.15) is 44.2 Å². The minimum absolute atomic E-state index is 0.135. The molecule has 0 fully saturated rings. The molecule has 2 rings (SSSR count). The Hall–Kier alpha value is -2.14. The first kappa shape index (κ1) is 17.2. The fourth-order valence-corrected chi connectivity index (χ4v) is 2.91. The summed E-state index contributed by atoms with van der Waals surface area (Å²) in [5.74, 6) is -0.769. The molecule has 1 aromatic heterocycles. The summed E-state index contributed by atoms with van der Waals surface area (Å²) < 4.78 is 5.04. The van der Waals surface area contributed by atoms with Crippen LogP contribution in [-0.4, -0.2) is 18.5 Å². The molecular formula is C18H21NO3S. The summed E-state index contributed by atoms with van der Waals surface area (Å²) >= 11 is 1.35. The van der Waals surface area contributed by atoms with Crippen molar-refractivity contribution in [3.05, 3.63) is 56.8 Å². The molecule has 122 valence electrons. The summed E-state index contributed by atoms with van der Waals surface area (Å²) in [4.78, 5) is 25.3. The molecule has 1 amide bonds. The molecule has 0 aliphatic rings. The molecule has 2 aromatic rings. The molecule has 4 nitrogen and oxygen atoms in total. The number of carbonyl (C=O) groups excluding carboxylic acids is 2. The third kappa shape index (κ3) is 4.66. The summed E-state index contributed by atoms with van der Waals surface area (Å²) in [6.45, 7) is 7.64. The van der Waals surface area contributed by atoms with Gasteiger partial charge in [-0.05, 0) is 56.5 Å².